The Morgan fingerprint density at radius 2 is 1.41 bits per heavy atom. The van der Waals surface area contributed by atoms with E-state index in [1.807, 2.05) is 42.5 Å². The SMILES string of the molecule is Nc1ccc(N(C(=O)c2ccncc2)c2ccccc2)cc1. The number of rotatable bonds is 3. The summed E-state index contributed by atoms with van der Waals surface area (Å²) in [6.45, 7) is 0. The Labute approximate surface area is 128 Å². The number of hydrogen-bond acceptors (Lipinski definition) is 3. The van der Waals surface area contributed by atoms with Crippen molar-refractivity contribution in [1.29, 1.82) is 0 Å². The molecule has 0 bridgehead atoms. The van der Waals surface area contributed by atoms with E-state index < -0.39 is 0 Å². The van der Waals surface area contributed by atoms with Gasteiger partial charge in [0.25, 0.3) is 5.91 Å². The van der Waals surface area contributed by atoms with Gasteiger partial charge in [0.2, 0.25) is 0 Å². The molecular formula is C18H15N3O. The fraction of sp³-hybridized carbons (Fsp3) is 0. The van der Waals surface area contributed by atoms with Crippen LogP contribution in [0, 0.1) is 0 Å². The first kappa shape index (κ1) is 13.8. The summed E-state index contributed by atoms with van der Waals surface area (Å²) in [5.41, 5.74) is 8.55. The highest BCUT2D eigenvalue weighted by molar-refractivity contribution is 6.10. The highest BCUT2D eigenvalue weighted by Gasteiger charge is 2.19. The van der Waals surface area contributed by atoms with Crippen LogP contribution in [0.25, 0.3) is 0 Å². The number of carbonyl (C=O) groups is 1. The Hall–Kier alpha value is -3.14. The molecule has 4 nitrogen and oxygen atoms in total. The van der Waals surface area contributed by atoms with E-state index in [9.17, 15) is 4.79 Å². The zero-order chi connectivity index (χ0) is 15.4. The van der Waals surface area contributed by atoms with Crippen molar-refractivity contribution in [2.24, 2.45) is 0 Å². The number of pyridine rings is 1. The number of nitrogen functional groups attached to an aromatic ring is 1. The highest BCUT2D eigenvalue weighted by Crippen LogP contribution is 2.27. The molecule has 1 amide bonds. The van der Waals surface area contributed by atoms with Crippen LogP contribution in [-0.2, 0) is 0 Å². The quantitative estimate of drug-likeness (QED) is 0.749. The van der Waals surface area contributed by atoms with Crippen molar-refractivity contribution in [2.45, 2.75) is 0 Å². The predicted molar refractivity (Wildman–Crippen MR) is 88.0 cm³/mol. The van der Waals surface area contributed by atoms with Crippen molar-refractivity contribution in [3.8, 4) is 0 Å². The van der Waals surface area contributed by atoms with Gasteiger partial charge in [-0.25, -0.2) is 0 Å². The van der Waals surface area contributed by atoms with Crippen LogP contribution >= 0.6 is 0 Å². The van der Waals surface area contributed by atoms with Gasteiger partial charge in [-0.1, -0.05) is 18.2 Å². The summed E-state index contributed by atoms with van der Waals surface area (Å²) in [7, 11) is 0. The van der Waals surface area contributed by atoms with E-state index in [0.717, 1.165) is 11.4 Å². The van der Waals surface area contributed by atoms with E-state index in [1.165, 1.54) is 0 Å². The van der Waals surface area contributed by atoms with Crippen molar-refractivity contribution in [3.63, 3.8) is 0 Å². The minimum absolute atomic E-state index is 0.113. The van der Waals surface area contributed by atoms with Crippen molar-refractivity contribution in [2.75, 3.05) is 10.6 Å². The van der Waals surface area contributed by atoms with Crippen LogP contribution in [0.15, 0.2) is 79.1 Å². The van der Waals surface area contributed by atoms with E-state index in [-0.39, 0.29) is 5.91 Å². The van der Waals surface area contributed by atoms with Crippen LogP contribution in [0.2, 0.25) is 0 Å². The fourth-order valence-electron chi connectivity index (χ4n) is 2.21. The predicted octanol–water partition coefficient (Wildman–Crippen LogP) is 3.64. The molecule has 0 saturated heterocycles. The van der Waals surface area contributed by atoms with Crippen LogP contribution in [0.1, 0.15) is 10.4 Å². The Bertz CT molecular complexity index is 755. The second-order valence-electron chi connectivity index (χ2n) is 4.80. The minimum Gasteiger partial charge on any atom is -0.399 e. The number of benzene rings is 2. The maximum atomic E-state index is 12.9. The largest absolute Gasteiger partial charge is 0.399 e. The molecule has 0 radical (unpaired) electrons. The number of para-hydroxylation sites is 1. The van der Waals surface area contributed by atoms with Crippen LogP contribution in [0.3, 0.4) is 0 Å². The van der Waals surface area contributed by atoms with Gasteiger partial charge in [-0.2, -0.15) is 0 Å². The van der Waals surface area contributed by atoms with Crippen molar-refractivity contribution < 1.29 is 4.79 Å². The molecule has 3 aromatic rings. The lowest BCUT2D eigenvalue weighted by Gasteiger charge is -2.23. The zero-order valence-electron chi connectivity index (χ0n) is 11.9. The lowest BCUT2D eigenvalue weighted by atomic mass is 10.1. The van der Waals surface area contributed by atoms with Crippen molar-refractivity contribution in [3.05, 3.63) is 84.7 Å². The van der Waals surface area contributed by atoms with Gasteiger partial charge in [0, 0.05) is 35.0 Å². The Balaban J connectivity index is 2.07. The van der Waals surface area contributed by atoms with E-state index in [2.05, 4.69) is 4.98 Å². The summed E-state index contributed by atoms with van der Waals surface area (Å²) in [4.78, 5) is 18.5. The Morgan fingerprint density at radius 3 is 2.05 bits per heavy atom. The average Bonchev–Trinajstić information content (AvgIpc) is 2.58. The molecule has 4 heteroatoms. The van der Waals surface area contributed by atoms with E-state index in [1.54, 1.807) is 41.6 Å². The van der Waals surface area contributed by atoms with E-state index >= 15 is 0 Å². The molecule has 0 aliphatic carbocycles. The smallest absolute Gasteiger partial charge is 0.262 e. The van der Waals surface area contributed by atoms with Crippen LogP contribution in [0.4, 0.5) is 17.1 Å². The Kier molecular flexibility index (Phi) is 3.83. The van der Waals surface area contributed by atoms with Gasteiger partial charge < -0.3 is 5.73 Å². The maximum Gasteiger partial charge on any atom is 0.262 e. The average molecular weight is 289 g/mol. The first-order chi connectivity index (χ1) is 10.8. The molecule has 3 rings (SSSR count). The molecule has 1 aromatic heterocycles. The molecule has 108 valence electrons. The normalized spacial score (nSPS) is 10.2. The summed E-state index contributed by atoms with van der Waals surface area (Å²) in [5, 5.41) is 0. The number of nitrogens with zero attached hydrogens (tertiary/aromatic N) is 2. The lowest BCUT2D eigenvalue weighted by molar-refractivity contribution is 0.0999. The number of amides is 1. The van der Waals surface area contributed by atoms with Gasteiger partial charge >= 0.3 is 0 Å². The molecule has 0 fully saturated rings. The van der Waals surface area contributed by atoms with Crippen LogP contribution in [0.5, 0.6) is 0 Å². The van der Waals surface area contributed by atoms with E-state index in [4.69, 9.17) is 5.73 Å². The van der Waals surface area contributed by atoms with Crippen molar-refractivity contribution in [1.82, 2.24) is 4.98 Å². The van der Waals surface area contributed by atoms with Crippen molar-refractivity contribution >= 4 is 23.0 Å². The summed E-state index contributed by atoms with van der Waals surface area (Å²) < 4.78 is 0. The summed E-state index contributed by atoms with van der Waals surface area (Å²) >= 11 is 0. The van der Waals surface area contributed by atoms with Gasteiger partial charge in [0.1, 0.15) is 0 Å². The summed E-state index contributed by atoms with van der Waals surface area (Å²) in [5.74, 6) is -0.113. The lowest BCUT2D eigenvalue weighted by Crippen LogP contribution is -2.25. The highest BCUT2D eigenvalue weighted by atomic mass is 16.2. The van der Waals surface area contributed by atoms with Crippen LogP contribution in [-0.4, -0.2) is 10.9 Å². The third kappa shape index (κ3) is 2.81. The van der Waals surface area contributed by atoms with Gasteiger partial charge in [-0.05, 0) is 48.5 Å². The third-order valence-electron chi connectivity index (χ3n) is 3.30. The number of nitrogens with two attached hydrogens (primary N) is 1. The molecule has 1 heterocycles. The molecule has 0 unspecified atom stereocenters. The molecule has 22 heavy (non-hydrogen) atoms. The molecule has 2 aromatic carbocycles. The summed E-state index contributed by atoms with van der Waals surface area (Å²) in [6.07, 6.45) is 3.22. The maximum absolute atomic E-state index is 12.9. The molecule has 0 saturated carbocycles. The number of aromatic nitrogens is 1. The summed E-state index contributed by atoms with van der Waals surface area (Å²) in [6, 6.07) is 20.2. The zero-order valence-corrected chi connectivity index (χ0v) is 11.9. The third-order valence-corrected chi connectivity index (χ3v) is 3.30. The van der Waals surface area contributed by atoms with E-state index in [0.29, 0.717) is 11.3 Å². The monoisotopic (exact) mass is 289 g/mol. The number of hydrogen-bond donors (Lipinski definition) is 1. The van der Waals surface area contributed by atoms with Gasteiger partial charge in [-0.15, -0.1) is 0 Å². The number of anilines is 3. The standard InChI is InChI=1S/C18H15N3O/c19-15-6-8-17(9-7-15)21(16-4-2-1-3-5-16)18(22)14-10-12-20-13-11-14/h1-13H,19H2. The minimum atomic E-state index is -0.113. The Morgan fingerprint density at radius 1 is 0.818 bits per heavy atom. The molecule has 0 atom stereocenters. The second-order valence-corrected chi connectivity index (χ2v) is 4.80. The molecular weight excluding hydrogens is 274 g/mol. The fourth-order valence-corrected chi connectivity index (χ4v) is 2.21. The topological polar surface area (TPSA) is 59.2 Å². The van der Waals surface area contributed by atoms with Gasteiger partial charge in [-0.3, -0.25) is 14.7 Å². The second kappa shape index (κ2) is 6.10. The van der Waals surface area contributed by atoms with Gasteiger partial charge in [0.05, 0.1) is 0 Å². The molecule has 0 spiro atoms. The first-order valence-corrected chi connectivity index (χ1v) is 6.91. The van der Waals surface area contributed by atoms with Gasteiger partial charge in [0.15, 0.2) is 0 Å². The molecule has 0 aliphatic rings. The number of carbonyl (C=O) groups excluding carboxylic acids is 1. The molecule has 0 aliphatic heterocycles. The molecule has 2 N–H and O–H groups in total. The van der Waals surface area contributed by atoms with Crippen LogP contribution < -0.4 is 10.6 Å². The first-order valence-electron chi connectivity index (χ1n) is 6.91.